The number of pyridine rings is 1. The molecule has 1 heterocycles. The van der Waals surface area contributed by atoms with Gasteiger partial charge in [-0.3, -0.25) is 0 Å². The lowest BCUT2D eigenvalue weighted by Gasteiger charge is -2.20. The highest BCUT2D eigenvalue weighted by molar-refractivity contribution is 5.82. The van der Waals surface area contributed by atoms with Gasteiger partial charge in [0.25, 0.3) is 0 Å². The van der Waals surface area contributed by atoms with E-state index in [0.717, 1.165) is 22.2 Å². The van der Waals surface area contributed by atoms with Gasteiger partial charge in [0.1, 0.15) is 5.75 Å². The maximum Gasteiger partial charge on any atom is 0.117 e. The highest BCUT2D eigenvalue weighted by Gasteiger charge is 2.08. The molecule has 0 fully saturated rings. The Morgan fingerprint density at radius 2 is 1.64 bits per heavy atom. The molecule has 1 atom stereocenters. The van der Waals surface area contributed by atoms with Crippen LogP contribution in [0.15, 0.2) is 54.6 Å². The number of hydrogen-bond donors (Lipinski definition) is 1. The van der Waals surface area contributed by atoms with E-state index >= 15 is 0 Å². The number of fused-ring (bicyclic) bond motifs is 1. The molecule has 0 amide bonds. The van der Waals surface area contributed by atoms with E-state index in [0.29, 0.717) is 6.04 Å². The zero-order valence-corrected chi connectivity index (χ0v) is 13.1. The fourth-order valence-corrected chi connectivity index (χ4v) is 2.50. The quantitative estimate of drug-likeness (QED) is 0.784. The maximum atomic E-state index is 9.60. The second-order valence-electron chi connectivity index (χ2n) is 5.84. The minimum absolute atomic E-state index is 0.243. The van der Waals surface area contributed by atoms with Crippen LogP contribution in [0, 0.1) is 0 Å². The van der Waals surface area contributed by atoms with Crippen LogP contribution in [-0.4, -0.2) is 29.1 Å². The third-order valence-electron chi connectivity index (χ3n) is 4.14. The van der Waals surface area contributed by atoms with Crippen LogP contribution in [0.4, 0.5) is 0 Å². The lowest BCUT2D eigenvalue weighted by molar-refractivity contribution is 0.321. The molecule has 0 radical (unpaired) electrons. The molecule has 1 unspecified atom stereocenters. The standard InChI is InChI=1S/C19H20N2O/c1-13(21(2)3)14-4-6-15(7-5-14)18-11-9-16-8-10-17(22)12-19(16)20-18/h4-13,22H,1-3H3. The molecule has 1 aromatic heterocycles. The molecule has 3 nitrogen and oxygen atoms in total. The summed E-state index contributed by atoms with van der Waals surface area (Å²) in [5.41, 5.74) is 4.09. The summed E-state index contributed by atoms with van der Waals surface area (Å²) in [7, 11) is 4.16. The van der Waals surface area contributed by atoms with Crippen molar-refractivity contribution in [3.63, 3.8) is 0 Å². The summed E-state index contributed by atoms with van der Waals surface area (Å²) in [5.74, 6) is 0.243. The van der Waals surface area contributed by atoms with Crippen LogP contribution >= 0.6 is 0 Å². The molecule has 0 bridgehead atoms. The Morgan fingerprint density at radius 3 is 2.32 bits per heavy atom. The van der Waals surface area contributed by atoms with E-state index in [1.165, 1.54) is 5.56 Å². The van der Waals surface area contributed by atoms with E-state index in [2.05, 4.69) is 55.2 Å². The minimum Gasteiger partial charge on any atom is -0.508 e. The van der Waals surface area contributed by atoms with Gasteiger partial charge in [-0.2, -0.15) is 0 Å². The molecule has 0 spiro atoms. The topological polar surface area (TPSA) is 36.4 Å². The molecule has 112 valence electrons. The molecule has 0 aliphatic carbocycles. The molecule has 22 heavy (non-hydrogen) atoms. The first kappa shape index (κ1) is 14.5. The predicted molar refractivity (Wildman–Crippen MR) is 90.9 cm³/mol. The van der Waals surface area contributed by atoms with Crippen LogP contribution < -0.4 is 0 Å². The number of benzene rings is 2. The van der Waals surface area contributed by atoms with E-state index < -0.39 is 0 Å². The zero-order valence-electron chi connectivity index (χ0n) is 13.1. The average Bonchev–Trinajstić information content (AvgIpc) is 2.53. The smallest absolute Gasteiger partial charge is 0.117 e. The molecule has 1 N–H and O–H groups in total. The van der Waals surface area contributed by atoms with Crippen LogP contribution in [0.5, 0.6) is 5.75 Å². The highest BCUT2D eigenvalue weighted by Crippen LogP contribution is 2.25. The molecule has 0 aliphatic rings. The zero-order chi connectivity index (χ0) is 15.7. The van der Waals surface area contributed by atoms with Crippen molar-refractivity contribution in [2.24, 2.45) is 0 Å². The van der Waals surface area contributed by atoms with Gasteiger partial charge in [-0.15, -0.1) is 0 Å². The second-order valence-corrected chi connectivity index (χ2v) is 5.84. The fourth-order valence-electron chi connectivity index (χ4n) is 2.50. The first-order valence-electron chi connectivity index (χ1n) is 7.41. The summed E-state index contributed by atoms with van der Waals surface area (Å²) in [6, 6.07) is 18.2. The van der Waals surface area contributed by atoms with Gasteiger partial charge in [0.15, 0.2) is 0 Å². The minimum atomic E-state index is 0.243. The Balaban J connectivity index is 1.97. The highest BCUT2D eigenvalue weighted by atomic mass is 16.3. The maximum absolute atomic E-state index is 9.60. The summed E-state index contributed by atoms with van der Waals surface area (Å²) in [6.07, 6.45) is 0. The van der Waals surface area contributed by atoms with Crippen molar-refractivity contribution >= 4 is 10.9 Å². The summed E-state index contributed by atoms with van der Waals surface area (Å²) < 4.78 is 0. The molecule has 3 aromatic rings. The Hall–Kier alpha value is -2.39. The first-order valence-corrected chi connectivity index (χ1v) is 7.41. The Labute approximate surface area is 130 Å². The van der Waals surface area contributed by atoms with Gasteiger partial charge >= 0.3 is 0 Å². The van der Waals surface area contributed by atoms with E-state index in [1.807, 2.05) is 18.2 Å². The summed E-state index contributed by atoms with van der Waals surface area (Å²) >= 11 is 0. The molecular weight excluding hydrogens is 272 g/mol. The average molecular weight is 292 g/mol. The largest absolute Gasteiger partial charge is 0.508 e. The number of phenolic OH excluding ortho intramolecular Hbond substituents is 1. The van der Waals surface area contributed by atoms with Gasteiger partial charge < -0.3 is 10.0 Å². The Bertz CT molecular complexity index is 794. The van der Waals surface area contributed by atoms with E-state index in [9.17, 15) is 5.11 Å². The lowest BCUT2D eigenvalue weighted by atomic mass is 10.0. The van der Waals surface area contributed by atoms with Gasteiger partial charge in [-0.1, -0.05) is 30.3 Å². The van der Waals surface area contributed by atoms with Crippen molar-refractivity contribution < 1.29 is 5.11 Å². The van der Waals surface area contributed by atoms with Crippen molar-refractivity contribution in [1.29, 1.82) is 0 Å². The first-order chi connectivity index (χ1) is 10.5. The number of phenols is 1. The number of nitrogens with zero attached hydrogens (tertiary/aromatic N) is 2. The number of aromatic nitrogens is 1. The van der Waals surface area contributed by atoms with Crippen LogP contribution in [0.1, 0.15) is 18.5 Å². The monoisotopic (exact) mass is 292 g/mol. The van der Waals surface area contributed by atoms with Crippen molar-refractivity contribution in [2.45, 2.75) is 13.0 Å². The van der Waals surface area contributed by atoms with Crippen LogP contribution in [0.25, 0.3) is 22.2 Å². The summed E-state index contributed by atoms with van der Waals surface area (Å²) in [5, 5.41) is 10.6. The molecule has 0 saturated carbocycles. The van der Waals surface area contributed by atoms with E-state index in [1.54, 1.807) is 12.1 Å². The SMILES string of the molecule is CC(c1ccc(-c2ccc3ccc(O)cc3n2)cc1)N(C)C. The molecular formula is C19H20N2O. The van der Waals surface area contributed by atoms with E-state index in [4.69, 9.17) is 0 Å². The van der Waals surface area contributed by atoms with Crippen molar-refractivity contribution in [2.75, 3.05) is 14.1 Å². The summed E-state index contributed by atoms with van der Waals surface area (Å²) in [6.45, 7) is 2.19. The van der Waals surface area contributed by atoms with Gasteiger partial charge in [0, 0.05) is 23.1 Å². The van der Waals surface area contributed by atoms with Crippen LogP contribution in [0.3, 0.4) is 0 Å². The lowest BCUT2D eigenvalue weighted by Crippen LogP contribution is -2.16. The van der Waals surface area contributed by atoms with Crippen molar-refractivity contribution in [3.05, 3.63) is 60.2 Å². The van der Waals surface area contributed by atoms with Gasteiger partial charge in [-0.05, 0) is 44.8 Å². The third kappa shape index (κ3) is 2.81. The number of hydrogen-bond acceptors (Lipinski definition) is 3. The van der Waals surface area contributed by atoms with Crippen molar-refractivity contribution in [1.82, 2.24) is 9.88 Å². The molecule has 0 aliphatic heterocycles. The molecule has 3 rings (SSSR count). The third-order valence-corrected chi connectivity index (χ3v) is 4.14. The van der Waals surface area contributed by atoms with E-state index in [-0.39, 0.29) is 5.75 Å². The molecule has 2 aromatic carbocycles. The normalized spacial score (nSPS) is 12.7. The molecule has 3 heteroatoms. The van der Waals surface area contributed by atoms with Gasteiger partial charge in [0.2, 0.25) is 0 Å². The van der Waals surface area contributed by atoms with Crippen LogP contribution in [0.2, 0.25) is 0 Å². The second kappa shape index (κ2) is 5.78. The Morgan fingerprint density at radius 1 is 0.955 bits per heavy atom. The predicted octanol–water partition coefficient (Wildman–Crippen LogP) is 4.23. The molecule has 0 saturated heterocycles. The van der Waals surface area contributed by atoms with Gasteiger partial charge in [-0.25, -0.2) is 4.98 Å². The fraction of sp³-hybridized carbons (Fsp3) is 0.211. The summed E-state index contributed by atoms with van der Waals surface area (Å²) in [4.78, 5) is 6.83. The Kier molecular flexibility index (Phi) is 3.82. The van der Waals surface area contributed by atoms with Crippen molar-refractivity contribution in [3.8, 4) is 17.0 Å². The van der Waals surface area contributed by atoms with Gasteiger partial charge in [0.05, 0.1) is 11.2 Å². The van der Waals surface area contributed by atoms with Crippen LogP contribution in [-0.2, 0) is 0 Å². The number of aromatic hydroxyl groups is 1. The number of rotatable bonds is 3.